The smallest absolute Gasteiger partial charge is 0.254 e. The van der Waals surface area contributed by atoms with E-state index in [1.54, 1.807) is 4.90 Å². The minimum Gasteiger partial charge on any atom is -0.328 e. The molecule has 1 aromatic carbocycles. The normalized spacial score (nSPS) is 10.8. The maximum atomic E-state index is 12.2. The monoisotopic (exact) mass is 243 g/mol. The molecule has 1 aromatic rings. The van der Waals surface area contributed by atoms with E-state index >= 15 is 0 Å². The molecule has 1 amide bonds. The standard InChI is InChI=1S/C16H21NO/c1-6-12-17(7-2)15(18)13-8-10-14(11-9-13)16(3,4)5/h1,8-11H,7,12H2,2-5H3. The molecule has 96 valence electrons. The lowest BCUT2D eigenvalue weighted by molar-refractivity contribution is 0.0785. The van der Waals surface area contributed by atoms with Gasteiger partial charge >= 0.3 is 0 Å². The lowest BCUT2D eigenvalue weighted by atomic mass is 9.86. The maximum absolute atomic E-state index is 12.2. The molecule has 0 saturated heterocycles. The molecule has 0 saturated carbocycles. The number of hydrogen-bond donors (Lipinski definition) is 0. The average molecular weight is 243 g/mol. The highest BCUT2D eigenvalue weighted by Crippen LogP contribution is 2.22. The lowest BCUT2D eigenvalue weighted by Crippen LogP contribution is -2.31. The average Bonchev–Trinajstić information content (AvgIpc) is 2.34. The number of terminal acetylenes is 1. The van der Waals surface area contributed by atoms with Crippen LogP contribution in [0.15, 0.2) is 24.3 Å². The van der Waals surface area contributed by atoms with E-state index in [2.05, 4.69) is 26.7 Å². The SMILES string of the molecule is C#CCN(CC)C(=O)c1ccc(C(C)(C)C)cc1. The molecule has 2 heteroatoms. The van der Waals surface area contributed by atoms with Crippen LogP contribution < -0.4 is 0 Å². The Morgan fingerprint density at radius 2 is 1.83 bits per heavy atom. The second kappa shape index (κ2) is 5.73. The van der Waals surface area contributed by atoms with Gasteiger partial charge in [-0.15, -0.1) is 6.42 Å². The van der Waals surface area contributed by atoms with Gasteiger partial charge in [-0.05, 0) is 30.0 Å². The van der Waals surface area contributed by atoms with E-state index in [4.69, 9.17) is 6.42 Å². The summed E-state index contributed by atoms with van der Waals surface area (Å²) < 4.78 is 0. The highest BCUT2D eigenvalue weighted by molar-refractivity contribution is 5.94. The van der Waals surface area contributed by atoms with Gasteiger partial charge in [0.25, 0.3) is 5.91 Å². The van der Waals surface area contributed by atoms with E-state index < -0.39 is 0 Å². The third-order valence-corrected chi connectivity index (χ3v) is 2.95. The Kier molecular flexibility index (Phi) is 4.55. The van der Waals surface area contributed by atoms with Gasteiger partial charge in [0.1, 0.15) is 0 Å². The topological polar surface area (TPSA) is 20.3 Å². The highest BCUT2D eigenvalue weighted by Gasteiger charge is 2.16. The summed E-state index contributed by atoms with van der Waals surface area (Å²) >= 11 is 0. The zero-order chi connectivity index (χ0) is 13.8. The van der Waals surface area contributed by atoms with Crippen LogP contribution in [0.25, 0.3) is 0 Å². The van der Waals surface area contributed by atoms with Crippen molar-refractivity contribution in [3.8, 4) is 12.3 Å². The molecule has 0 aliphatic rings. The maximum Gasteiger partial charge on any atom is 0.254 e. The van der Waals surface area contributed by atoms with E-state index in [1.807, 2.05) is 31.2 Å². The molecule has 0 atom stereocenters. The zero-order valence-electron chi connectivity index (χ0n) is 11.7. The van der Waals surface area contributed by atoms with Crippen LogP contribution in [0.4, 0.5) is 0 Å². The van der Waals surface area contributed by atoms with Crippen molar-refractivity contribution in [2.75, 3.05) is 13.1 Å². The molecule has 0 N–H and O–H groups in total. The Bertz CT molecular complexity index is 445. The van der Waals surface area contributed by atoms with Crippen LogP contribution in [0, 0.1) is 12.3 Å². The summed E-state index contributed by atoms with van der Waals surface area (Å²) in [6, 6.07) is 7.78. The van der Waals surface area contributed by atoms with Gasteiger partial charge in [0.2, 0.25) is 0 Å². The summed E-state index contributed by atoms with van der Waals surface area (Å²) in [6.45, 7) is 9.38. The Morgan fingerprint density at radius 3 is 2.22 bits per heavy atom. The molecule has 0 heterocycles. The van der Waals surface area contributed by atoms with Gasteiger partial charge in [0.15, 0.2) is 0 Å². The molecule has 1 rings (SSSR count). The van der Waals surface area contributed by atoms with Gasteiger partial charge in [-0.1, -0.05) is 38.8 Å². The molecule has 18 heavy (non-hydrogen) atoms. The van der Waals surface area contributed by atoms with E-state index in [-0.39, 0.29) is 11.3 Å². The second-order valence-corrected chi connectivity index (χ2v) is 5.35. The Labute approximate surface area is 110 Å². The first-order valence-corrected chi connectivity index (χ1v) is 6.23. The van der Waals surface area contributed by atoms with E-state index in [0.717, 1.165) is 0 Å². The van der Waals surface area contributed by atoms with Gasteiger partial charge in [-0.2, -0.15) is 0 Å². The number of amides is 1. The van der Waals surface area contributed by atoms with Crippen molar-refractivity contribution in [1.82, 2.24) is 4.90 Å². The minimum atomic E-state index is -0.00379. The number of hydrogen-bond acceptors (Lipinski definition) is 1. The predicted molar refractivity (Wildman–Crippen MR) is 75.6 cm³/mol. The molecule has 0 aliphatic carbocycles. The summed E-state index contributed by atoms with van der Waals surface area (Å²) in [5, 5.41) is 0. The quantitative estimate of drug-likeness (QED) is 0.747. The molecule has 0 radical (unpaired) electrons. The molecular formula is C16H21NO. The molecule has 0 fully saturated rings. The van der Waals surface area contributed by atoms with Crippen molar-refractivity contribution < 1.29 is 4.79 Å². The molecule has 0 bridgehead atoms. The van der Waals surface area contributed by atoms with Crippen LogP contribution in [0.5, 0.6) is 0 Å². The molecule has 2 nitrogen and oxygen atoms in total. The summed E-state index contributed by atoms with van der Waals surface area (Å²) in [6.07, 6.45) is 5.26. The molecule has 0 spiro atoms. The Hall–Kier alpha value is -1.75. The van der Waals surface area contributed by atoms with E-state index in [0.29, 0.717) is 18.7 Å². The first kappa shape index (κ1) is 14.3. The van der Waals surface area contributed by atoms with Gasteiger partial charge in [-0.3, -0.25) is 4.79 Å². The molecular weight excluding hydrogens is 222 g/mol. The van der Waals surface area contributed by atoms with Crippen molar-refractivity contribution in [2.24, 2.45) is 0 Å². The summed E-state index contributed by atoms with van der Waals surface area (Å²) in [7, 11) is 0. The van der Waals surface area contributed by atoms with Crippen molar-refractivity contribution in [1.29, 1.82) is 0 Å². The van der Waals surface area contributed by atoms with Gasteiger partial charge in [0.05, 0.1) is 6.54 Å². The minimum absolute atomic E-state index is 0.00379. The largest absolute Gasteiger partial charge is 0.328 e. The summed E-state index contributed by atoms with van der Waals surface area (Å²) in [5.41, 5.74) is 2.02. The zero-order valence-corrected chi connectivity index (χ0v) is 11.7. The Morgan fingerprint density at radius 1 is 1.28 bits per heavy atom. The van der Waals surface area contributed by atoms with Crippen molar-refractivity contribution in [2.45, 2.75) is 33.1 Å². The van der Waals surface area contributed by atoms with E-state index in [1.165, 1.54) is 5.56 Å². The number of nitrogens with zero attached hydrogens (tertiary/aromatic N) is 1. The fourth-order valence-electron chi connectivity index (χ4n) is 1.73. The van der Waals surface area contributed by atoms with Crippen molar-refractivity contribution in [3.63, 3.8) is 0 Å². The van der Waals surface area contributed by atoms with Crippen LogP contribution in [0.1, 0.15) is 43.6 Å². The number of benzene rings is 1. The molecule has 0 unspecified atom stereocenters. The summed E-state index contributed by atoms with van der Waals surface area (Å²) in [4.78, 5) is 13.8. The third kappa shape index (κ3) is 3.37. The molecule has 0 aromatic heterocycles. The van der Waals surface area contributed by atoms with Crippen LogP contribution in [-0.4, -0.2) is 23.9 Å². The highest BCUT2D eigenvalue weighted by atomic mass is 16.2. The fraction of sp³-hybridized carbons (Fsp3) is 0.438. The Balaban J connectivity index is 2.92. The van der Waals surface area contributed by atoms with Gasteiger partial charge in [-0.25, -0.2) is 0 Å². The predicted octanol–water partition coefficient (Wildman–Crippen LogP) is 3.08. The van der Waals surface area contributed by atoms with Gasteiger partial charge in [0, 0.05) is 12.1 Å². The number of rotatable bonds is 3. The van der Waals surface area contributed by atoms with Crippen molar-refractivity contribution >= 4 is 5.91 Å². The van der Waals surface area contributed by atoms with Gasteiger partial charge < -0.3 is 4.90 Å². The third-order valence-electron chi connectivity index (χ3n) is 2.95. The lowest BCUT2D eigenvalue weighted by Gasteiger charge is -2.21. The first-order chi connectivity index (χ1) is 8.40. The van der Waals surface area contributed by atoms with Crippen molar-refractivity contribution in [3.05, 3.63) is 35.4 Å². The van der Waals surface area contributed by atoms with Crippen LogP contribution >= 0.6 is 0 Å². The molecule has 0 aliphatic heterocycles. The summed E-state index contributed by atoms with van der Waals surface area (Å²) in [5.74, 6) is 2.51. The van der Waals surface area contributed by atoms with E-state index in [9.17, 15) is 4.79 Å². The van der Waals surface area contributed by atoms with Crippen LogP contribution in [0.3, 0.4) is 0 Å². The number of carbonyl (C=O) groups excluding carboxylic acids is 1. The van der Waals surface area contributed by atoms with Crippen LogP contribution in [-0.2, 0) is 5.41 Å². The second-order valence-electron chi connectivity index (χ2n) is 5.35. The fourth-order valence-corrected chi connectivity index (χ4v) is 1.73. The first-order valence-electron chi connectivity index (χ1n) is 6.23. The van der Waals surface area contributed by atoms with Crippen LogP contribution in [0.2, 0.25) is 0 Å². The number of carbonyl (C=O) groups is 1.